The number of fused-ring (bicyclic) bond motifs is 5. The molecule has 0 bridgehead atoms. The highest BCUT2D eigenvalue weighted by molar-refractivity contribution is 6.15. The third-order valence-corrected chi connectivity index (χ3v) is 7.80. The van der Waals surface area contributed by atoms with E-state index in [1.807, 2.05) is 68.6 Å². The van der Waals surface area contributed by atoms with Gasteiger partial charge in [-0.3, -0.25) is 24.6 Å². The van der Waals surface area contributed by atoms with Crippen molar-refractivity contribution in [2.75, 3.05) is 5.32 Å². The largest absolute Gasteiger partial charge is 0.361 e. The zero-order valence-corrected chi connectivity index (χ0v) is 18.6. The van der Waals surface area contributed by atoms with Crippen LogP contribution in [0.15, 0.2) is 54.7 Å². The van der Waals surface area contributed by atoms with Gasteiger partial charge in [-0.25, -0.2) is 0 Å². The molecule has 0 unspecified atom stereocenters. The summed E-state index contributed by atoms with van der Waals surface area (Å²) >= 11 is 0. The van der Waals surface area contributed by atoms with Crippen LogP contribution in [-0.2, 0) is 26.3 Å². The zero-order valence-electron chi connectivity index (χ0n) is 18.6. The van der Waals surface area contributed by atoms with Crippen LogP contribution < -0.4 is 10.6 Å². The molecule has 1 aromatic heterocycles. The van der Waals surface area contributed by atoms with Crippen molar-refractivity contribution < 1.29 is 14.4 Å². The van der Waals surface area contributed by atoms with Crippen LogP contribution in [-0.4, -0.2) is 39.7 Å². The summed E-state index contributed by atoms with van der Waals surface area (Å²) in [5.41, 5.74) is 2.29. The number of anilines is 1. The van der Waals surface area contributed by atoms with Crippen molar-refractivity contribution in [1.82, 2.24) is 15.2 Å². The van der Waals surface area contributed by atoms with Crippen molar-refractivity contribution in [3.05, 3.63) is 65.9 Å². The third kappa shape index (κ3) is 2.57. The molecule has 2 fully saturated rings. The lowest BCUT2D eigenvalue weighted by Gasteiger charge is -2.31. The molecule has 3 aliphatic heterocycles. The monoisotopic (exact) mass is 442 g/mol. The first kappa shape index (κ1) is 20.2. The van der Waals surface area contributed by atoms with Crippen molar-refractivity contribution in [2.45, 2.75) is 44.3 Å². The summed E-state index contributed by atoms with van der Waals surface area (Å²) in [7, 11) is 0. The Balaban J connectivity index is 1.49. The van der Waals surface area contributed by atoms with Crippen LogP contribution in [0.1, 0.15) is 31.4 Å². The van der Waals surface area contributed by atoms with Crippen molar-refractivity contribution in [2.24, 2.45) is 11.8 Å². The van der Waals surface area contributed by atoms with E-state index in [4.69, 9.17) is 0 Å². The van der Waals surface area contributed by atoms with E-state index < -0.39 is 17.4 Å². The van der Waals surface area contributed by atoms with Crippen molar-refractivity contribution in [3.8, 4) is 0 Å². The minimum atomic E-state index is -1.24. The highest BCUT2D eigenvalue weighted by Crippen LogP contribution is 2.53. The van der Waals surface area contributed by atoms with E-state index in [1.54, 1.807) is 0 Å². The van der Waals surface area contributed by atoms with Gasteiger partial charge in [-0.1, -0.05) is 43.3 Å². The van der Waals surface area contributed by atoms with Gasteiger partial charge in [0.2, 0.25) is 17.7 Å². The van der Waals surface area contributed by atoms with Gasteiger partial charge in [0.15, 0.2) is 0 Å². The van der Waals surface area contributed by atoms with Gasteiger partial charge in [-0.05, 0) is 37.5 Å². The Morgan fingerprint density at radius 1 is 1.03 bits per heavy atom. The average Bonchev–Trinajstić information content (AvgIpc) is 3.53. The van der Waals surface area contributed by atoms with Crippen LogP contribution >= 0.6 is 0 Å². The first-order chi connectivity index (χ1) is 16.0. The molecule has 2 aromatic carbocycles. The summed E-state index contributed by atoms with van der Waals surface area (Å²) in [6.45, 7) is 3.86. The van der Waals surface area contributed by atoms with E-state index in [1.165, 1.54) is 4.90 Å². The summed E-state index contributed by atoms with van der Waals surface area (Å²) in [6, 6.07) is 14.9. The number of nitrogens with one attached hydrogen (secondary N) is 3. The molecule has 3 aliphatic rings. The number of H-pyrrole nitrogens is 1. The predicted octanol–water partition coefficient (Wildman–Crippen LogP) is 2.93. The van der Waals surface area contributed by atoms with Gasteiger partial charge in [-0.2, -0.15) is 0 Å². The number of rotatable bonds is 4. The molecule has 2 saturated heterocycles. The molecule has 3 amide bonds. The van der Waals surface area contributed by atoms with Crippen LogP contribution in [0.4, 0.5) is 5.69 Å². The second-order valence-corrected chi connectivity index (χ2v) is 9.43. The fourth-order valence-electron chi connectivity index (χ4n) is 6.11. The lowest BCUT2D eigenvalue weighted by atomic mass is 9.76. The molecule has 0 aliphatic carbocycles. The van der Waals surface area contributed by atoms with Gasteiger partial charge in [-0.15, -0.1) is 0 Å². The molecule has 0 radical (unpaired) electrons. The SMILES string of the molecule is CC[C@H](C)N1C(=O)[C@@H]2[C@H](Cc3c[nH]c4ccccc34)N[C@@]3(C(=O)Nc4ccccc43)[C@@H]2C1=O. The van der Waals surface area contributed by atoms with Gasteiger partial charge in [0.25, 0.3) is 0 Å². The number of carbonyl (C=O) groups excluding carboxylic acids is 3. The van der Waals surface area contributed by atoms with Gasteiger partial charge < -0.3 is 10.3 Å². The highest BCUT2D eigenvalue weighted by Gasteiger charge is 2.70. The van der Waals surface area contributed by atoms with Gasteiger partial charge in [0, 0.05) is 40.4 Å². The summed E-state index contributed by atoms with van der Waals surface area (Å²) in [5, 5.41) is 7.56. The number of imide groups is 1. The second kappa shape index (κ2) is 7.02. The predicted molar refractivity (Wildman–Crippen MR) is 124 cm³/mol. The summed E-state index contributed by atoms with van der Waals surface area (Å²) < 4.78 is 0. The molecule has 33 heavy (non-hydrogen) atoms. The minimum Gasteiger partial charge on any atom is -0.361 e. The molecule has 4 heterocycles. The number of hydrogen-bond donors (Lipinski definition) is 3. The Kier molecular flexibility index (Phi) is 4.29. The Hall–Kier alpha value is -3.45. The fourth-order valence-corrected chi connectivity index (χ4v) is 6.11. The van der Waals surface area contributed by atoms with E-state index in [0.29, 0.717) is 18.5 Å². The molecule has 6 rings (SSSR count). The summed E-state index contributed by atoms with van der Waals surface area (Å²) in [5.74, 6) is -2.05. The summed E-state index contributed by atoms with van der Waals surface area (Å²) in [6.07, 6.45) is 3.17. The molecular weight excluding hydrogens is 416 g/mol. The van der Waals surface area contributed by atoms with E-state index in [0.717, 1.165) is 22.0 Å². The van der Waals surface area contributed by atoms with Gasteiger partial charge in [0.1, 0.15) is 5.54 Å². The molecule has 0 saturated carbocycles. The Morgan fingerprint density at radius 3 is 2.61 bits per heavy atom. The van der Waals surface area contributed by atoms with Gasteiger partial charge >= 0.3 is 0 Å². The minimum absolute atomic E-state index is 0.175. The smallest absolute Gasteiger partial charge is 0.250 e. The Morgan fingerprint density at radius 2 is 1.79 bits per heavy atom. The second-order valence-electron chi connectivity index (χ2n) is 9.43. The first-order valence-electron chi connectivity index (χ1n) is 11.6. The average molecular weight is 443 g/mol. The van der Waals surface area contributed by atoms with Crippen LogP contribution in [0.25, 0.3) is 10.9 Å². The number of amides is 3. The molecule has 5 atom stereocenters. The maximum Gasteiger partial charge on any atom is 0.250 e. The van der Waals surface area contributed by atoms with Gasteiger partial charge in [0.05, 0.1) is 11.8 Å². The molecule has 168 valence electrons. The number of hydrogen-bond acceptors (Lipinski definition) is 4. The quantitative estimate of drug-likeness (QED) is 0.542. The normalized spacial score (nSPS) is 29.1. The van der Waals surface area contributed by atoms with Crippen LogP contribution in [0.5, 0.6) is 0 Å². The van der Waals surface area contributed by atoms with E-state index in [9.17, 15) is 14.4 Å². The topological polar surface area (TPSA) is 94.3 Å². The van der Waals surface area contributed by atoms with Crippen molar-refractivity contribution in [3.63, 3.8) is 0 Å². The number of carbonyl (C=O) groups is 3. The third-order valence-electron chi connectivity index (χ3n) is 7.80. The molecule has 3 N–H and O–H groups in total. The number of aromatic amines is 1. The standard InChI is InChI=1S/C26H26N4O3/c1-3-14(2)30-23(31)21-20(12-15-13-27-18-10-6-4-8-16(15)18)29-26(22(21)24(30)32)17-9-5-7-11-19(17)28-25(26)33/h4-11,13-14,20-22,27,29H,3,12H2,1-2H3,(H,28,33)/t14-,20-,21+,22-,26+/m0/s1. The molecule has 3 aromatic rings. The molecule has 7 nitrogen and oxygen atoms in total. The lowest BCUT2D eigenvalue weighted by molar-refractivity contribution is -0.145. The van der Waals surface area contributed by atoms with Crippen LogP contribution in [0.3, 0.4) is 0 Å². The zero-order chi connectivity index (χ0) is 22.9. The maximum atomic E-state index is 13.8. The van der Waals surface area contributed by atoms with E-state index in [-0.39, 0.29) is 29.8 Å². The van der Waals surface area contributed by atoms with E-state index >= 15 is 0 Å². The number of aromatic nitrogens is 1. The maximum absolute atomic E-state index is 13.8. The van der Waals surface area contributed by atoms with Crippen molar-refractivity contribution in [1.29, 1.82) is 0 Å². The number of benzene rings is 2. The Bertz CT molecular complexity index is 1310. The van der Waals surface area contributed by atoms with Crippen LogP contribution in [0.2, 0.25) is 0 Å². The summed E-state index contributed by atoms with van der Waals surface area (Å²) in [4.78, 5) is 45.6. The Labute approximate surface area is 191 Å². The number of likely N-dealkylation sites (tertiary alicyclic amines) is 1. The van der Waals surface area contributed by atoms with Crippen LogP contribution in [0, 0.1) is 11.8 Å². The number of nitrogens with zero attached hydrogens (tertiary/aromatic N) is 1. The first-order valence-corrected chi connectivity index (χ1v) is 11.6. The lowest BCUT2D eigenvalue weighted by Crippen LogP contribution is -2.54. The van der Waals surface area contributed by atoms with E-state index in [2.05, 4.69) is 15.6 Å². The molecular formula is C26H26N4O3. The molecule has 7 heteroatoms. The van der Waals surface area contributed by atoms with Crippen molar-refractivity contribution >= 4 is 34.3 Å². The fraction of sp³-hybridized carbons (Fsp3) is 0.346. The number of para-hydroxylation sites is 2. The highest BCUT2D eigenvalue weighted by atomic mass is 16.2. The molecule has 1 spiro atoms.